The predicted octanol–water partition coefficient (Wildman–Crippen LogP) is 3.31. The highest BCUT2D eigenvalue weighted by Gasteiger charge is 2.14. The SMILES string of the molecule is CN(C)c1ccc(Nc2ncc(C(=O)Nc3ccc4c(c3)OCCO4)cn2)cc1. The van der Waals surface area contributed by atoms with Crippen molar-refractivity contribution in [2.75, 3.05) is 42.8 Å². The Balaban J connectivity index is 1.40. The van der Waals surface area contributed by atoms with Crippen molar-refractivity contribution in [1.82, 2.24) is 9.97 Å². The Bertz CT molecular complexity index is 1000. The van der Waals surface area contributed by atoms with Gasteiger partial charge in [0.15, 0.2) is 11.5 Å². The quantitative estimate of drug-likeness (QED) is 0.690. The van der Waals surface area contributed by atoms with Gasteiger partial charge >= 0.3 is 0 Å². The van der Waals surface area contributed by atoms with E-state index in [2.05, 4.69) is 20.6 Å². The Morgan fingerprint density at radius 1 is 0.931 bits per heavy atom. The van der Waals surface area contributed by atoms with Crippen molar-refractivity contribution in [3.8, 4) is 11.5 Å². The van der Waals surface area contributed by atoms with E-state index in [0.29, 0.717) is 41.9 Å². The Labute approximate surface area is 168 Å². The Kier molecular flexibility index (Phi) is 5.15. The maximum Gasteiger partial charge on any atom is 0.258 e. The second-order valence-corrected chi connectivity index (χ2v) is 6.67. The number of rotatable bonds is 5. The summed E-state index contributed by atoms with van der Waals surface area (Å²) in [5.74, 6) is 1.40. The smallest absolute Gasteiger partial charge is 0.258 e. The van der Waals surface area contributed by atoms with E-state index in [-0.39, 0.29) is 5.91 Å². The number of aromatic nitrogens is 2. The van der Waals surface area contributed by atoms with Crippen LogP contribution in [0, 0.1) is 0 Å². The number of ether oxygens (including phenoxy) is 2. The zero-order chi connectivity index (χ0) is 20.2. The van der Waals surface area contributed by atoms with Gasteiger partial charge in [-0.3, -0.25) is 4.79 Å². The van der Waals surface area contributed by atoms with Crippen molar-refractivity contribution >= 4 is 28.9 Å². The number of fused-ring (bicyclic) bond motifs is 1. The molecule has 0 saturated carbocycles. The molecule has 4 rings (SSSR count). The zero-order valence-corrected chi connectivity index (χ0v) is 16.2. The van der Waals surface area contributed by atoms with Crippen molar-refractivity contribution < 1.29 is 14.3 Å². The van der Waals surface area contributed by atoms with Crippen LogP contribution < -0.4 is 25.0 Å². The molecule has 0 aliphatic carbocycles. The molecule has 2 N–H and O–H groups in total. The number of anilines is 4. The van der Waals surface area contributed by atoms with Crippen LogP contribution in [0.4, 0.5) is 23.0 Å². The first-order valence-corrected chi connectivity index (χ1v) is 9.16. The molecule has 2 heterocycles. The van der Waals surface area contributed by atoms with Crippen molar-refractivity contribution in [3.63, 3.8) is 0 Å². The summed E-state index contributed by atoms with van der Waals surface area (Å²) < 4.78 is 11.0. The molecule has 3 aromatic rings. The second-order valence-electron chi connectivity index (χ2n) is 6.67. The summed E-state index contributed by atoms with van der Waals surface area (Å²) in [6.45, 7) is 1.01. The highest BCUT2D eigenvalue weighted by Crippen LogP contribution is 2.32. The first-order chi connectivity index (χ1) is 14.1. The largest absolute Gasteiger partial charge is 0.486 e. The van der Waals surface area contributed by atoms with Crippen LogP contribution >= 0.6 is 0 Å². The fraction of sp³-hybridized carbons (Fsp3) is 0.190. The molecular formula is C21H21N5O3. The minimum Gasteiger partial charge on any atom is -0.486 e. The average molecular weight is 391 g/mol. The number of amides is 1. The van der Waals surface area contributed by atoms with Crippen LogP contribution in [-0.2, 0) is 0 Å². The molecule has 0 bridgehead atoms. The van der Waals surface area contributed by atoms with E-state index in [1.165, 1.54) is 12.4 Å². The highest BCUT2D eigenvalue weighted by atomic mass is 16.6. The van der Waals surface area contributed by atoms with Gasteiger partial charge in [0.25, 0.3) is 5.91 Å². The van der Waals surface area contributed by atoms with Gasteiger partial charge in [-0.1, -0.05) is 0 Å². The summed E-state index contributed by atoms with van der Waals surface area (Å²) >= 11 is 0. The Morgan fingerprint density at radius 2 is 1.59 bits per heavy atom. The first-order valence-electron chi connectivity index (χ1n) is 9.16. The monoisotopic (exact) mass is 391 g/mol. The Morgan fingerprint density at radius 3 is 2.28 bits per heavy atom. The first kappa shape index (κ1) is 18.5. The molecular weight excluding hydrogens is 370 g/mol. The van der Waals surface area contributed by atoms with Crippen LogP contribution in [0.3, 0.4) is 0 Å². The van der Waals surface area contributed by atoms with Gasteiger partial charge in [0, 0.05) is 49.6 Å². The number of carbonyl (C=O) groups is 1. The van der Waals surface area contributed by atoms with Gasteiger partial charge in [-0.15, -0.1) is 0 Å². The van der Waals surface area contributed by atoms with Crippen molar-refractivity contribution in [2.24, 2.45) is 0 Å². The van der Waals surface area contributed by atoms with Gasteiger partial charge in [0.1, 0.15) is 13.2 Å². The van der Waals surface area contributed by atoms with E-state index in [4.69, 9.17) is 9.47 Å². The fourth-order valence-corrected chi connectivity index (χ4v) is 2.81. The lowest BCUT2D eigenvalue weighted by Gasteiger charge is -2.19. The van der Waals surface area contributed by atoms with E-state index in [1.54, 1.807) is 18.2 Å². The van der Waals surface area contributed by atoms with Gasteiger partial charge in [0.05, 0.1) is 5.56 Å². The third kappa shape index (κ3) is 4.37. The van der Waals surface area contributed by atoms with Gasteiger partial charge in [-0.2, -0.15) is 0 Å². The molecule has 1 aliphatic rings. The molecule has 0 unspecified atom stereocenters. The molecule has 0 fully saturated rings. The van der Waals surface area contributed by atoms with E-state index >= 15 is 0 Å². The molecule has 148 valence electrons. The summed E-state index contributed by atoms with van der Waals surface area (Å²) in [5, 5.41) is 5.93. The third-order valence-electron chi connectivity index (χ3n) is 4.35. The van der Waals surface area contributed by atoms with Gasteiger partial charge in [-0.05, 0) is 36.4 Å². The molecule has 8 heteroatoms. The number of hydrogen-bond acceptors (Lipinski definition) is 7. The van der Waals surface area contributed by atoms with E-state index < -0.39 is 0 Å². The molecule has 0 atom stereocenters. The predicted molar refractivity (Wildman–Crippen MR) is 111 cm³/mol. The van der Waals surface area contributed by atoms with Crippen LogP contribution in [0.1, 0.15) is 10.4 Å². The molecule has 1 amide bonds. The maximum atomic E-state index is 12.5. The van der Waals surface area contributed by atoms with E-state index in [9.17, 15) is 4.79 Å². The van der Waals surface area contributed by atoms with E-state index in [1.807, 2.05) is 43.3 Å². The van der Waals surface area contributed by atoms with E-state index in [0.717, 1.165) is 11.4 Å². The molecule has 0 spiro atoms. The fourth-order valence-electron chi connectivity index (χ4n) is 2.81. The van der Waals surface area contributed by atoms with Crippen LogP contribution in [0.5, 0.6) is 11.5 Å². The van der Waals surface area contributed by atoms with Crippen LogP contribution in [0.25, 0.3) is 0 Å². The van der Waals surface area contributed by atoms with Gasteiger partial charge < -0.3 is 25.0 Å². The summed E-state index contributed by atoms with van der Waals surface area (Å²) in [7, 11) is 3.97. The highest BCUT2D eigenvalue weighted by molar-refractivity contribution is 6.04. The zero-order valence-electron chi connectivity index (χ0n) is 16.2. The molecule has 1 aliphatic heterocycles. The molecule has 0 saturated heterocycles. The van der Waals surface area contributed by atoms with Gasteiger partial charge in [-0.25, -0.2) is 9.97 Å². The molecule has 0 radical (unpaired) electrons. The number of hydrogen-bond donors (Lipinski definition) is 2. The Hall–Kier alpha value is -3.81. The maximum absolute atomic E-state index is 12.5. The topological polar surface area (TPSA) is 88.6 Å². The molecule has 2 aromatic carbocycles. The summed E-state index contributed by atoms with van der Waals surface area (Å²) in [5.41, 5.74) is 2.93. The summed E-state index contributed by atoms with van der Waals surface area (Å²) in [6, 6.07) is 13.2. The lowest BCUT2D eigenvalue weighted by molar-refractivity contribution is 0.102. The number of carbonyl (C=O) groups excluding carboxylic acids is 1. The standard InChI is InChI=1S/C21H21N5O3/c1-26(2)17-6-3-15(4-7-17)25-21-22-12-14(13-23-21)20(27)24-16-5-8-18-19(11-16)29-10-9-28-18/h3-8,11-13H,9-10H2,1-2H3,(H,24,27)(H,22,23,25). The van der Waals surface area contributed by atoms with Crippen LogP contribution in [-0.4, -0.2) is 43.2 Å². The lowest BCUT2D eigenvalue weighted by Crippen LogP contribution is -2.16. The molecule has 29 heavy (non-hydrogen) atoms. The van der Waals surface area contributed by atoms with Crippen molar-refractivity contribution in [2.45, 2.75) is 0 Å². The molecule has 8 nitrogen and oxygen atoms in total. The minimum absolute atomic E-state index is 0.302. The van der Waals surface area contributed by atoms with Gasteiger partial charge in [0.2, 0.25) is 5.95 Å². The number of nitrogens with zero attached hydrogens (tertiary/aromatic N) is 3. The van der Waals surface area contributed by atoms with Crippen molar-refractivity contribution in [3.05, 3.63) is 60.4 Å². The number of nitrogens with one attached hydrogen (secondary N) is 2. The lowest BCUT2D eigenvalue weighted by atomic mass is 10.2. The minimum atomic E-state index is -0.302. The average Bonchev–Trinajstić information content (AvgIpc) is 2.74. The van der Waals surface area contributed by atoms with Crippen LogP contribution in [0.15, 0.2) is 54.9 Å². The molecule has 1 aromatic heterocycles. The summed E-state index contributed by atoms with van der Waals surface area (Å²) in [4.78, 5) is 22.9. The number of benzene rings is 2. The van der Waals surface area contributed by atoms with Crippen molar-refractivity contribution in [1.29, 1.82) is 0 Å². The third-order valence-corrected chi connectivity index (χ3v) is 4.35. The normalized spacial score (nSPS) is 12.2. The second kappa shape index (κ2) is 8.05. The van der Waals surface area contributed by atoms with Crippen LogP contribution in [0.2, 0.25) is 0 Å². The summed E-state index contributed by atoms with van der Waals surface area (Å²) in [6.07, 6.45) is 2.97.